The second-order valence-corrected chi connectivity index (χ2v) is 12.6. The van der Waals surface area contributed by atoms with E-state index >= 15 is 4.39 Å². The van der Waals surface area contributed by atoms with Crippen molar-refractivity contribution < 1.29 is 46.2 Å². The molecular weight excluding hydrogens is 644 g/mol. The summed E-state index contributed by atoms with van der Waals surface area (Å²) in [5.74, 6) is -0.110. The molecule has 3 fully saturated rings. The molecule has 20 nitrogen and oxygen atoms in total. The Labute approximate surface area is 253 Å². The van der Waals surface area contributed by atoms with Crippen molar-refractivity contribution in [2.75, 3.05) is 31.8 Å². The van der Waals surface area contributed by atoms with Crippen LogP contribution in [0.1, 0.15) is 12.5 Å². The molecule has 2 bridgehead atoms. The average Bonchev–Trinajstić information content (AvgIpc) is 3.75. The third kappa shape index (κ3) is 5.40. The fourth-order valence-corrected chi connectivity index (χ4v) is 7.25. The molecule has 6 N–H and O–H groups in total. The molecule has 45 heavy (non-hydrogen) atoms. The van der Waals surface area contributed by atoms with E-state index < -0.39 is 84.0 Å². The summed E-state index contributed by atoms with van der Waals surface area (Å²) in [5.41, 5.74) is 11.4. The van der Waals surface area contributed by atoms with Crippen LogP contribution in [0.25, 0.3) is 22.3 Å². The molecule has 0 aliphatic carbocycles. The number of imidazole rings is 2. The van der Waals surface area contributed by atoms with Gasteiger partial charge in [-0.1, -0.05) is 0 Å². The summed E-state index contributed by atoms with van der Waals surface area (Å²) in [6.07, 6.45) is -6.86. The largest absolute Gasteiger partial charge is 0.472 e. The lowest BCUT2D eigenvalue weighted by molar-refractivity contribution is -0.0617. The molecular formula is C21H24BFN10O10P2. The van der Waals surface area contributed by atoms with Crippen LogP contribution in [-0.2, 0) is 36.9 Å². The molecule has 0 spiro atoms. The molecule has 2 radical (unpaired) electrons. The van der Waals surface area contributed by atoms with E-state index in [0.717, 1.165) is 0 Å². The monoisotopic (exact) mass is 668 g/mol. The minimum absolute atomic E-state index is 0.0336. The summed E-state index contributed by atoms with van der Waals surface area (Å²) < 4.78 is 71.7. The van der Waals surface area contributed by atoms with Crippen LogP contribution >= 0.6 is 16.1 Å². The zero-order chi connectivity index (χ0) is 31.6. The highest BCUT2D eigenvalue weighted by Gasteiger charge is 2.53. The number of alkyl halides is 1. The lowest BCUT2D eigenvalue weighted by Gasteiger charge is -2.27. The number of rotatable bonds is 3. The Balaban J connectivity index is 1.19. The lowest BCUT2D eigenvalue weighted by Crippen LogP contribution is -2.37. The van der Waals surface area contributed by atoms with Crippen LogP contribution in [0.3, 0.4) is 0 Å². The quantitative estimate of drug-likeness (QED) is 0.160. The smallest absolute Gasteiger partial charge is 0.382 e. The van der Waals surface area contributed by atoms with Crippen LogP contribution < -0.4 is 17.0 Å². The van der Waals surface area contributed by atoms with Crippen molar-refractivity contribution in [3.8, 4) is 0 Å². The van der Waals surface area contributed by atoms with E-state index in [9.17, 15) is 14.3 Å². The van der Waals surface area contributed by atoms with Gasteiger partial charge in [-0.3, -0.25) is 28.0 Å². The van der Waals surface area contributed by atoms with Crippen LogP contribution in [0.15, 0.2) is 23.8 Å². The summed E-state index contributed by atoms with van der Waals surface area (Å²) in [4.78, 5) is 45.7. The first-order valence-electron chi connectivity index (χ1n) is 13.2. The summed E-state index contributed by atoms with van der Waals surface area (Å²) in [6, 6.07) is 0. The summed E-state index contributed by atoms with van der Waals surface area (Å²) in [6.45, 7) is -1.01. The highest BCUT2D eigenvalue weighted by molar-refractivity contribution is 7.74. The SMILES string of the molecule is [B][P@]1OCC2O[C@@H](n3cnc4c(N)ncnc43)[C@@H](F)[C@H]2OP(=O)(O)OCC2OC(n3cnc4c(=O)[nH]c(N)nc43)[C@@H](O1)[C@H]2OC. The van der Waals surface area contributed by atoms with Gasteiger partial charge in [0.25, 0.3) is 5.56 Å². The topological polar surface area (TPSA) is 261 Å². The van der Waals surface area contributed by atoms with E-state index in [-0.39, 0.29) is 34.1 Å². The number of fused-ring (bicyclic) bond motifs is 5. The maximum atomic E-state index is 16.0. The van der Waals surface area contributed by atoms with Crippen molar-refractivity contribution in [3.63, 3.8) is 0 Å². The Morgan fingerprint density at radius 3 is 2.60 bits per heavy atom. The first-order chi connectivity index (χ1) is 21.5. The molecule has 4 aromatic heterocycles. The summed E-state index contributed by atoms with van der Waals surface area (Å²) in [5, 5.41) is 0. The number of nitrogens with one attached hydrogen (secondary N) is 1. The van der Waals surface area contributed by atoms with E-state index in [0.29, 0.717) is 0 Å². The van der Waals surface area contributed by atoms with Gasteiger partial charge in [0.05, 0.1) is 25.9 Å². The molecule has 24 heteroatoms. The van der Waals surface area contributed by atoms with Crippen molar-refractivity contribution in [2.24, 2.45) is 0 Å². The van der Waals surface area contributed by atoms with Gasteiger partial charge in [0.1, 0.15) is 50.6 Å². The third-order valence-corrected chi connectivity index (χ3v) is 9.30. The first-order valence-corrected chi connectivity index (χ1v) is 15.9. The number of phosphoric acid groups is 1. The number of nitrogen functional groups attached to an aromatic ring is 2. The van der Waals surface area contributed by atoms with Gasteiger partial charge in [-0.05, 0) is 0 Å². The number of H-pyrrole nitrogens is 1. The van der Waals surface area contributed by atoms with Gasteiger partial charge in [-0.25, -0.2) is 28.9 Å². The van der Waals surface area contributed by atoms with Gasteiger partial charge < -0.3 is 39.6 Å². The third-order valence-electron chi connectivity index (χ3n) is 7.46. The summed E-state index contributed by atoms with van der Waals surface area (Å²) >= 11 is 0. The van der Waals surface area contributed by atoms with Crippen molar-refractivity contribution >= 4 is 57.7 Å². The van der Waals surface area contributed by atoms with Crippen molar-refractivity contribution in [3.05, 3.63) is 29.3 Å². The minimum atomic E-state index is -4.98. The van der Waals surface area contributed by atoms with Gasteiger partial charge in [-0.15, -0.1) is 0 Å². The van der Waals surface area contributed by atoms with E-state index in [1.54, 1.807) is 0 Å². The van der Waals surface area contributed by atoms with Gasteiger partial charge in [-0.2, -0.15) is 4.98 Å². The van der Waals surface area contributed by atoms with Gasteiger partial charge in [0.2, 0.25) is 5.95 Å². The number of methoxy groups -OCH3 is 1. The number of ether oxygens (including phenoxy) is 3. The second-order valence-electron chi connectivity index (χ2n) is 10.1. The van der Waals surface area contributed by atoms with Crippen LogP contribution in [0.5, 0.6) is 0 Å². The molecule has 0 aromatic carbocycles. The molecule has 3 aliphatic rings. The molecule has 4 unspecified atom stereocenters. The van der Waals surface area contributed by atoms with Gasteiger partial charge >= 0.3 is 7.82 Å². The van der Waals surface area contributed by atoms with Crippen LogP contribution in [0.4, 0.5) is 16.2 Å². The first kappa shape index (κ1) is 30.5. The molecule has 7 heterocycles. The standard InChI is InChI=1S/C21H24BFN10O10P2/c1-37-13-8-3-39-45(35,36)43-12-7(40-19(9(12)23)32-5-28-10-15(24)26-4-27-16(10)32)2-38-44(22)42-14(13)20(41-8)33-6-29-11-17(33)30-21(25)31-18(11)34/h4-9,12-14,19-20H,2-3H2,1H3,(H,35,36)(H2,24,26,27)(H3,25,30,31,34)/t7?,8?,9-,12-,13-,14-,19+,20?,44+/m0/s1. The number of aromatic nitrogens is 8. The zero-order valence-corrected chi connectivity index (χ0v) is 24.8. The van der Waals surface area contributed by atoms with Crippen molar-refractivity contribution in [1.82, 2.24) is 39.0 Å². The Hall–Kier alpha value is -3.17. The fourth-order valence-electron chi connectivity index (χ4n) is 5.48. The number of hydrogen-bond donors (Lipinski definition) is 4. The number of phosphoric ester groups is 1. The average molecular weight is 668 g/mol. The fraction of sp³-hybridized carbons (Fsp3) is 0.524. The van der Waals surface area contributed by atoms with E-state index in [1.165, 1.54) is 35.2 Å². The molecule has 0 amide bonds. The van der Waals surface area contributed by atoms with Gasteiger partial charge in [0, 0.05) is 7.11 Å². The van der Waals surface area contributed by atoms with Crippen LogP contribution in [-0.4, -0.2) is 109 Å². The summed E-state index contributed by atoms with van der Waals surface area (Å²) in [7, 11) is 0.369. The van der Waals surface area contributed by atoms with E-state index in [4.69, 9.17) is 51.3 Å². The normalized spacial score (nSPS) is 36.0. The van der Waals surface area contributed by atoms with Crippen molar-refractivity contribution in [2.45, 2.75) is 49.1 Å². The number of nitrogens with two attached hydrogens (primary N) is 2. The molecule has 10 atom stereocenters. The Kier molecular flexibility index (Phi) is 7.84. The molecule has 4 aromatic rings. The van der Waals surface area contributed by atoms with E-state index in [2.05, 4.69) is 29.9 Å². The highest BCUT2D eigenvalue weighted by Crippen LogP contribution is 2.52. The number of hydrogen-bond acceptors (Lipinski definition) is 16. The van der Waals surface area contributed by atoms with Gasteiger partial charge in [0.15, 0.2) is 48.8 Å². The zero-order valence-electron chi connectivity index (χ0n) is 23.0. The van der Waals surface area contributed by atoms with Crippen LogP contribution in [0.2, 0.25) is 0 Å². The van der Waals surface area contributed by atoms with Crippen molar-refractivity contribution in [1.29, 1.82) is 0 Å². The maximum absolute atomic E-state index is 16.0. The molecule has 0 saturated carbocycles. The predicted octanol–water partition coefficient (Wildman–Crippen LogP) is -0.415. The molecule has 3 saturated heterocycles. The molecule has 7 rings (SSSR count). The Morgan fingerprint density at radius 2 is 1.82 bits per heavy atom. The lowest BCUT2D eigenvalue weighted by atomic mass is 10.1. The molecule has 238 valence electrons. The predicted molar refractivity (Wildman–Crippen MR) is 150 cm³/mol. The molecule has 3 aliphatic heterocycles. The Bertz CT molecular complexity index is 1850. The number of halogens is 1. The highest BCUT2D eigenvalue weighted by atomic mass is 31.2. The van der Waals surface area contributed by atoms with E-state index in [1.807, 2.05) is 0 Å². The van der Waals surface area contributed by atoms with Crippen LogP contribution in [0, 0.1) is 0 Å². The number of anilines is 2. The second kappa shape index (κ2) is 11.6. The Morgan fingerprint density at radius 1 is 1.09 bits per heavy atom. The maximum Gasteiger partial charge on any atom is 0.472 e. The number of aromatic amines is 1. The number of nitrogens with zero attached hydrogens (tertiary/aromatic N) is 7. The minimum Gasteiger partial charge on any atom is -0.382 e.